The summed E-state index contributed by atoms with van der Waals surface area (Å²) in [6, 6.07) is 1.63. The van der Waals surface area contributed by atoms with E-state index in [9.17, 15) is 0 Å². The normalized spacial score (nSPS) is 44.2. The minimum atomic E-state index is 0.796. The minimum Gasteiger partial charge on any atom is -0.316 e. The van der Waals surface area contributed by atoms with E-state index >= 15 is 0 Å². The van der Waals surface area contributed by atoms with Crippen LogP contribution in [0.4, 0.5) is 0 Å². The second kappa shape index (κ2) is 4.84. The molecule has 0 aromatic heterocycles. The lowest BCUT2D eigenvalue weighted by Crippen LogP contribution is -2.55. The van der Waals surface area contributed by atoms with Crippen LogP contribution in [0.5, 0.6) is 0 Å². The van der Waals surface area contributed by atoms with E-state index in [4.69, 9.17) is 0 Å². The van der Waals surface area contributed by atoms with Gasteiger partial charge in [0.05, 0.1) is 0 Å². The predicted octanol–water partition coefficient (Wildman–Crippen LogP) is 2.10. The highest BCUT2D eigenvalue weighted by Crippen LogP contribution is 2.29. The lowest BCUT2D eigenvalue weighted by molar-refractivity contribution is 0.0305. The summed E-state index contributed by atoms with van der Waals surface area (Å²) in [7, 11) is 0. The standard InChI is InChI=1S/C13H26N2/c1-10-5-4-8-15(12(10)3)13-6-7-14-9-11(13)2/h10-14H,4-9H2,1-3H3. The van der Waals surface area contributed by atoms with Gasteiger partial charge in [-0.05, 0) is 57.7 Å². The van der Waals surface area contributed by atoms with E-state index in [0.717, 1.165) is 23.9 Å². The molecule has 4 atom stereocenters. The van der Waals surface area contributed by atoms with Crippen LogP contribution in [0.3, 0.4) is 0 Å². The van der Waals surface area contributed by atoms with Crippen LogP contribution in [0.2, 0.25) is 0 Å². The molecule has 2 aliphatic rings. The molecule has 88 valence electrons. The molecule has 2 fully saturated rings. The Morgan fingerprint density at radius 3 is 2.60 bits per heavy atom. The largest absolute Gasteiger partial charge is 0.316 e. The van der Waals surface area contributed by atoms with Crippen LogP contribution in [-0.4, -0.2) is 36.6 Å². The van der Waals surface area contributed by atoms with Crippen molar-refractivity contribution in [2.75, 3.05) is 19.6 Å². The zero-order valence-electron chi connectivity index (χ0n) is 10.5. The Kier molecular flexibility index (Phi) is 3.68. The molecule has 0 radical (unpaired) electrons. The predicted molar refractivity (Wildman–Crippen MR) is 65.0 cm³/mol. The van der Waals surface area contributed by atoms with Crippen LogP contribution in [-0.2, 0) is 0 Å². The number of nitrogens with zero attached hydrogens (tertiary/aromatic N) is 1. The molecule has 0 aromatic rings. The average Bonchev–Trinajstić information content (AvgIpc) is 2.23. The Hall–Kier alpha value is -0.0800. The maximum Gasteiger partial charge on any atom is 0.0148 e. The van der Waals surface area contributed by atoms with E-state index in [1.54, 1.807) is 0 Å². The summed E-state index contributed by atoms with van der Waals surface area (Å²) in [5.41, 5.74) is 0. The van der Waals surface area contributed by atoms with Gasteiger partial charge in [-0.2, -0.15) is 0 Å². The Labute approximate surface area is 94.4 Å². The van der Waals surface area contributed by atoms with Gasteiger partial charge in [-0.1, -0.05) is 13.8 Å². The molecule has 2 nitrogen and oxygen atoms in total. The summed E-state index contributed by atoms with van der Waals surface area (Å²) in [5.74, 6) is 1.72. The zero-order valence-corrected chi connectivity index (χ0v) is 10.5. The molecule has 1 N–H and O–H groups in total. The highest BCUT2D eigenvalue weighted by Gasteiger charge is 2.33. The first-order chi connectivity index (χ1) is 7.20. The Balaban J connectivity index is 2.01. The SMILES string of the molecule is CC1CCCN(C2CCNCC2C)C1C. The topological polar surface area (TPSA) is 15.3 Å². The van der Waals surface area contributed by atoms with Crippen molar-refractivity contribution in [1.29, 1.82) is 0 Å². The van der Waals surface area contributed by atoms with Gasteiger partial charge >= 0.3 is 0 Å². The van der Waals surface area contributed by atoms with E-state index in [2.05, 4.69) is 31.0 Å². The van der Waals surface area contributed by atoms with Crippen LogP contribution in [0.25, 0.3) is 0 Å². The van der Waals surface area contributed by atoms with Crippen molar-refractivity contribution < 1.29 is 0 Å². The van der Waals surface area contributed by atoms with Gasteiger partial charge in [0, 0.05) is 12.1 Å². The zero-order chi connectivity index (χ0) is 10.8. The molecule has 0 aliphatic carbocycles. The second-order valence-corrected chi connectivity index (χ2v) is 5.64. The smallest absolute Gasteiger partial charge is 0.0148 e. The molecule has 2 heteroatoms. The summed E-state index contributed by atoms with van der Waals surface area (Å²) in [6.45, 7) is 11.0. The number of likely N-dealkylation sites (tertiary alicyclic amines) is 1. The van der Waals surface area contributed by atoms with E-state index in [-0.39, 0.29) is 0 Å². The third-order valence-corrected chi connectivity index (χ3v) is 4.59. The molecular weight excluding hydrogens is 184 g/mol. The fourth-order valence-electron chi connectivity index (χ4n) is 3.33. The first-order valence-corrected chi connectivity index (χ1v) is 6.66. The van der Waals surface area contributed by atoms with Gasteiger partial charge in [-0.3, -0.25) is 4.90 Å². The molecule has 15 heavy (non-hydrogen) atoms. The molecule has 4 unspecified atom stereocenters. The molecule has 0 amide bonds. The summed E-state index contributed by atoms with van der Waals surface area (Å²) < 4.78 is 0. The van der Waals surface area contributed by atoms with Gasteiger partial charge < -0.3 is 5.32 Å². The molecule has 2 saturated heterocycles. The van der Waals surface area contributed by atoms with E-state index in [0.29, 0.717) is 0 Å². The molecular formula is C13H26N2. The van der Waals surface area contributed by atoms with Crippen molar-refractivity contribution in [3.63, 3.8) is 0 Å². The summed E-state index contributed by atoms with van der Waals surface area (Å²) in [4.78, 5) is 2.79. The molecule has 2 aliphatic heterocycles. The first-order valence-electron chi connectivity index (χ1n) is 6.66. The van der Waals surface area contributed by atoms with Gasteiger partial charge in [-0.15, -0.1) is 0 Å². The third kappa shape index (κ3) is 2.36. The van der Waals surface area contributed by atoms with Crippen molar-refractivity contribution in [2.24, 2.45) is 11.8 Å². The lowest BCUT2D eigenvalue weighted by Gasteiger charge is -2.46. The molecule has 0 aromatic carbocycles. The van der Waals surface area contributed by atoms with Crippen molar-refractivity contribution in [2.45, 2.75) is 52.1 Å². The molecule has 0 saturated carbocycles. The quantitative estimate of drug-likeness (QED) is 0.713. The van der Waals surface area contributed by atoms with Crippen molar-refractivity contribution in [1.82, 2.24) is 10.2 Å². The number of hydrogen-bond acceptors (Lipinski definition) is 2. The Morgan fingerprint density at radius 2 is 1.87 bits per heavy atom. The summed E-state index contributed by atoms with van der Waals surface area (Å²) in [5, 5.41) is 3.50. The van der Waals surface area contributed by atoms with Crippen LogP contribution in [0.1, 0.15) is 40.0 Å². The van der Waals surface area contributed by atoms with Crippen molar-refractivity contribution in [3.8, 4) is 0 Å². The van der Waals surface area contributed by atoms with Crippen LogP contribution >= 0.6 is 0 Å². The van der Waals surface area contributed by atoms with Crippen LogP contribution in [0, 0.1) is 11.8 Å². The van der Waals surface area contributed by atoms with Crippen molar-refractivity contribution in [3.05, 3.63) is 0 Å². The van der Waals surface area contributed by atoms with Crippen LogP contribution in [0.15, 0.2) is 0 Å². The fourth-order valence-corrected chi connectivity index (χ4v) is 3.33. The molecule has 0 bridgehead atoms. The number of nitrogens with one attached hydrogen (secondary N) is 1. The summed E-state index contributed by atoms with van der Waals surface area (Å²) in [6.07, 6.45) is 4.18. The van der Waals surface area contributed by atoms with Gasteiger partial charge in [0.25, 0.3) is 0 Å². The van der Waals surface area contributed by atoms with Crippen LogP contribution < -0.4 is 5.32 Å². The molecule has 2 heterocycles. The van der Waals surface area contributed by atoms with Gasteiger partial charge in [0.15, 0.2) is 0 Å². The Morgan fingerprint density at radius 1 is 1.07 bits per heavy atom. The maximum absolute atomic E-state index is 3.50. The highest BCUT2D eigenvalue weighted by molar-refractivity contribution is 4.89. The van der Waals surface area contributed by atoms with E-state index < -0.39 is 0 Å². The van der Waals surface area contributed by atoms with Gasteiger partial charge in [0.1, 0.15) is 0 Å². The number of hydrogen-bond donors (Lipinski definition) is 1. The number of rotatable bonds is 1. The van der Waals surface area contributed by atoms with E-state index in [1.165, 1.54) is 38.9 Å². The van der Waals surface area contributed by atoms with Gasteiger partial charge in [0.2, 0.25) is 0 Å². The minimum absolute atomic E-state index is 0.796. The molecule has 0 spiro atoms. The number of piperidine rings is 2. The first kappa shape index (κ1) is 11.4. The fraction of sp³-hybridized carbons (Fsp3) is 1.00. The Bertz CT molecular complexity index is 205. The average molecular weight is 210 g/mol. The third-order valence-electron chi connectivity index (χ3n) is 4.59. The highest BCUT2D eigenvalue weighted by atomic mass is 15.2. The monoisotopic (exact) mass is 210 g/mol. The van der Waals surface area contributed by atoms with Gasteiger partial charge in [-0.25, -0.2) is 0 Å². The molecule has 2 rings (SSSR count). The summed E-state index contributed by atoms with van der Waals surface area (Å²) >= 11 is 0. The van der Waals surface area contributed by atoms with E-state index in [1.807, 2.05) is 0 Å². The maximum atomic E-state index is 3.50. The second-order valence-electron chi connectivity index (χ2n) is 5.64. The lowest BCUT2D eigenvalue weighted by atomic mass is 9.86. The van der Waals surface area contributed by atoms with Crippen molar-refractivity contribution >= 4 is 0 Å².